The minimum absolute atomic E-state index is 0.152. The number of ether oxygens (including phenoxy) is 4. The van der Waals surface area contributed by atoms with Crippen LogP contribution in [-0.4, -0.2) is 24.5 Å². The molecule has 0 saturated heterocycles. The van der Waals surface area contributed by atoms with E-state index < -0.39 is 17.7 Å². The molecule has 4 aliphatic rings. The molecule has 2 fully saturated rings. The lowest BCUT2D eigenvalue weighted by molar-refractivity contribution is -0.0143. The van der Waals surface area contributed by atoms with Crippen molar-refractivity contribution in [3.63, 3.8) is 0 Å². The molecule has 0 heterocycles. The summed E-state index contributed by atoms with van der Waals surface area (Å²) in [5, 5.41) is 0. The van der Waals surface area contributed by atoms with Gasteiger partial charge < -0.3 is 18.9 Å². The molecule has 6 rings (SSSR count). The number of benzene rings is 2. The average molecular weight is 775 g/mol. The van der Waals surface area contributed by atoms with Crippen molar-refractivity contribution in [3.8, 4) is 11.5 Å². The van der Waals surface area contributed by atoms with Gasteiger partial charge in [0.1, 0.15) is 23.7 Å². The molecule has 0 bridgehead atoms. The van der Waals surface area contributed by atoms with Crippen LogP contribution in [0.2, 0.25) is 0 Å². The van der Waals surface area contributed by atoms with Crippen molar-refractivity contribution in [2.75, 3.05) is 0 Å². The SMILES string of the molecule is CC(C)[C@@H]1CC[C@@H](C)C[C@H]1OC(=O)Oc1ccc(Br)c2c1C1(CC2)CCc2c(Br)ccc(OC(=O)O[C@@H]3C[C@H](C)CC[C@H]3C(C)C)c21. The Hall–Kier alpha value is -2.06. The Morgan fingerprint density at radius 1 is 0.681 bits per heavy atom. The number of rotatable bonds is 6. The van der Waals surface area contributed by atoms with E-state index >= 15 is 0 Å². The first-order valence-corrected chi connectivity index (χ1v) is 19.4. The monoisotopic (exact) mass is 772 g/mol. The van der Waals surface area contributed by atoms with E-state index in [4.69, 9.17) is 18.9 Å². The highest BCUT2D eigenvalue weighted by Crippen LogP contribution is 2.59. The molecule has 6 nitrogen and oxygen atoms in total. The predicted molar refractivity (Wildman–Crippen MR) is 190 cm³/mol. The quantitative estimate of drug-likeness (QED) is 0.215. The maximum atomic E-state index is 13.5. The fourth-order valence-corrected chi connectivity index (χ4v) is 10.4. The predicted octanol–water partition coefficient (Wildman–Crippen LogP) is 11.3. The molecule has 2 saturated carbocycles. The van der Waals surface area contributed by atoms with Gasteiger partial charge in [0.25, 0.3) is 0 Å². The van der Waals surface area contributed by atoms with Crippen molar-refractivity contribution < 1.29 is 28.5 Å². The van der Waals surface area contributed by atoms with Gasteiger partial charge in [-0.3, -0.25) is 0 Å². The summed E-state index contributed by atoms with van der Waals surface area (Å²) < 4.78 is 26.4. The fraction of sp³-hybridized carbons (Fsp3) is 0.641. The van der Waals surface area contributed by atoms with Gasteiger partial charge in [0.15, 0.2) is 0 Å². The van der Waals surface area contributed by atoms with Gasteiger partial charge in [-0.2, -0.15) is 0 Å². The van der Waals surface area contributed by atoms with Crippen LogP contribution in [0.25, 0.3) is 0 Å². The highest BCUT2D eigenvalue weighted by Gasteiger charge is 2.50. The molecule has 256 valence electrons. The lowest BCUT2D eigenvalue weighted by Gasteiger charge is -2.36. The van der Waals surface area contributed by atoms with E-state index in [1.807, 2.05) is 24.3 Å². The molecular formula is C39H50Br2O6. The molecule has 0 aliphatic heterocycles. The normalized spacial score (nSPS) is 27.9. The second kappa shape index (κ2) is 14.0. The molecule has 0 radical (unpaired) electrons. The van der Waals surface area contributed by atoms with Crippen molar-refractivity contribution >= 4 is 44.2 Å². The Morgan fingerprint density at radius 2 is 1.09 bits per heavy atom. The number of hydrogen-bond donors (Lipinski definition) is 0. The molecule has 4 aliphatic carbocycles. The minimum atomic E-state index is -0.643. The summed E-state index contributed by atoms with van der Waals surface area (Å²) >= 11 is 7.58. The smallest absolute Gasteiger partial charge is 0.430 e. The van der Waals surface area contributed by atoms with Crippen LogP contribution >= 0.6 is 31.9 Å². The van der Waals surface area contributed by atoms with Gasteiger partial charge in [0.2, 0.25) is 0 Å². The molecule has 0 unspecified atom stereocenters. The molecule has 6 atom stereocenters. The van der Waals surface area contributed by atoms with E-state index in [9.17, 15) is 9.59 Å². The van der Waals surface area contributed by atoms with Crippen molar-refractivity contribution in [2.45, 2.75) is 123 Å². The van der Waals surface area contributed by atoms with Crippen molar-refractivity contribution in [1.82, 2.24) is 0 Å². The summed E-state index contributed by atoms with van der Waals surface area (Å²) in [4.78, 5) is 27.0. The molecule has 47 heavy (non-hydrogen) atoms. The Kier molecular flexibility index (Phi) is 10.4. The van der Waals surface area contributed by atoms with Gasteiger partial charge in [0.05, 0.1) is 0 Å². The molecule has 2 aromatic rings. The first kappa shape index (κ1) is 34.8. The Bertz CT molecular complexity index is 1390. The molecule has 2 aromatic carbocycles. The van der Waals surface area contributed by atoms with Crippen molar-refractivity contribution in [1.29, 1.82) is 0 Å². The summed E-state index contributed by atoms with van der Waals surface area (Å²) in [5.41, 5.74) is 3.73. The lowest BCUT2D eigenvalue weighted by Crippen LogP contribution is -2.37. The zero-order valence-corrected chi connectivity index (χ0v) is 31.9. The topological polar surface area (TPSA) is 71.1 Å². The summed E-state index contributed by atoms with van der Waals surface area (Å²) in [6, 6.07) is 7.67. The van der Waals surface area contributed by atoms with Gasteiger partial charge >= 0.3 is 12.3 Å². The zero-order chi connectivity index (χ0) is 33.6. The second-order valence-corrected chi connectivity index (χ2v) is 17.3. The van der Waals surface area contributed by atoms with Crippen LogP contribution in [0.15, 0.2) is 33.2 Å². The number of halogens is 2. The number of carbonyl (C=O) groups is 2. The van der Waals surface area contributed by atoms with Crippen LogP contribution in [0.1, 0.15) is 115 Å². The third-order valence-electron chi connectivity index (χ3n) is 11.8. The average Bonchev–Trinajstić information content (AvgIpc) is 3.59. The minimum Gasteiger partial charge on any atom is -0.430 e. The highest BCUT2D eigenvalue weighted by molar-refractivity contribution is 9.10. The van der Waals surface area contributed by atoms with Crippen molar-refractivity contribution in [2.24, 2.45) is 35.5 Å². The van der Waals surface area contributed by atoms with Gasteiger partial charge in [-0.25, -0.2) is 9.59 Å². The fourth-order valence-electron chi connectivity index (χ4n) is 9.31. The summed E-state index contributed by atoms with van der Waals surface area (Å²) in [6.45, 7) is 13.3. The van der Waals surface area contributed by atoms with E-state index in [-0.39, 0.29) is 12.2 Å². The molecule has 1 spiro atoms. The van der Waals surface area contributed by atoms with Crippen LogP contribution < -0.4 is 9.47 Å². The van der Waals surface area contributed by atoms with E-state index in [0.717, 1.165) is 95.4 Å². The Labute approximate surface area is 297 Å². The third-order valence-corrected chi connectivity index (χ3v) is 13.3. The number of hydrogen-bond acceptors (Lipinski definition) is 6. The molecule has 0 amide bonds. The first-order valence-electron chi connectivity index (χ1n) is 17.8. The third kappa shape index (κ3) is 6.89. The molecular weight excluding hydrogens is 724 g/mol. The maximum Gasteiger partial charge on any atom is 0.514 e. The number of carbonyl (C=O) groups excluding carboxylic acids is 2. The van der Waals surface area contributed by atoms with Crippen LogP contribution in [-0.2, 0) is 27.7 Å². The van der Waals surface area contributed by atoms with Crippen molar-refractivity contribution in [3.05, 3.63) is 55.5 Å². The van der Waals surface area contributed by atoms with Gasteiger partial charge in [0, 0.05) is 25.5 Å². The molecule has 0 aromatic heterocycles. The zero-order valence-electron chi connectivity index (χ0n) is 28.7. The summed E-state index contributed by atoms with van der Waals surface area (Å²) in [6.07, 6.45) is 7.81. The molecule has 0 N–H and O–H groups in total. The first-order chi connectivity index (χ1) is 22.4. The van der Waals surface area contributed by atoms with Crippen LogP contribution in [0.3, 0.4) is 0 Å². The van der Waals surface area contributed by atoms with Crippen LogP contribution in [0.4, 0.5) is 9.59 Å². The van der Waals surface area contributed by atoms with Gasteiger partial charge in [-0.05, 0) is 122 Å². The lowest BCUT2D eigenvalue weighted by atomic mass is 9.75. The summed E-state index contributed by atoms with van der Waals surface area (Å²) in [5.74, 6) is 3.58. The van der Waals surface area contributed by atoms with E-state index in [2.05, 4.69) is 73.4 Å². The largest absolute Gasteiger partial charge is 0.514 e. The Morgan fingerprint density at radius 3 is 1.47 bits per heavy atom. The summed E-state index contributed by atoms with van der Waals surface area (Å²) in [7, 11) is 0. The molecule has 8 heteroatoms. The van der Waals surface area contributed by atoms with Crippen LogP contribution in [0.5, 0.6) is 11.5 Å². The van der Waals surface area contributed by atoms with Gasteiger partial charge in [-0.1, -0.05) is 86.2 Å². The Balaban J connectivity index is 1.30. The van der Waals surface area contributed by atoms with E-state index in [1.54, 1.807) is 0 Å². The second-order valence-electron chi connectivity index (χ2n) is 15.5. The van der Waals surface area contributed by atoms with Gasteiger partial charge in [-0.15, -0.1) is 0 Å². The van der Waals surface area contributed by atoms with E-state index in [1.165, 1.54) is 0 Å². The number of fused-ring (bicyclic) bond motifs is 4. The standard InChI is InChI=1S/C39H50Br2O6/c1-21(2)25-9-7-23(5)19-33(25)46-37(42)44-31-13-11-29(40)27-15-17-39(35(27)31)18-16-28-30(41)12-14-32(36(28)39)45-38(43)47-34-20-24(6)8-10-26(34)22(3)4/h11-14,21-26,33-34H,7-10,15-20H2,1-6H3/t23-,24-,25+,26+,33-,34-,39?/m1/s1. The highest BCUT2D eigenvalue weighted by atomic mass is 79.9. The van der Waals surface area contributed by atoms with E-state index in [0.29, 0.717) is 47.0 Å². The maximum absolute atomic E-state index is 13.5. The van der Waals surface area contributed by atoms with Crippen LogP contribution in [0, 0.1) is 35.5 Å².